The molecule has 2 amide bonds. The summed E-state index contributed by atoms with van der Waals surface area (Å²) in [6, 6.07) is 13.6. The van der Waals surface area contributed by atoms with E-state index in [2.05, 4.69) is 17.4 Å². The summed E-state index contributed by atoms with van der Waals surface area (Å²) in [7, 11) is 1.51. The van der Waals surface area contributed by atoms with Gasteiger partial charge in [-0.3, -0.25) is 20.4 Å². The Balaban J connectivity index is 1.87. The fraction of sp³-hybridized carbons (Fsp3) is 0.158. The number of rotatable bonds is 8. The number of amides is 2. The zero-order valence-electron chi connectivity index (χ0n) is 14.4. The van der Waals surface area contributed by atoms with Gasteiger partial charge in [-0.25, -0.2) is 0 Å². The van der Waals surface area contributed by atoms with Crippen LogP contribution in [0.1, 0.15) is 10.4 Å². The second-order valence-corrected chi connectivity index (χ2v) is 5.04. The molecule has 0 saturated carbocycles. The fourth-order valence-electron chi connectivity index (χ4n) is 2.04. The highest BCUT2D eigenvalue weighted by Gasteiger charge is 2.13. The van der Waals surface area contributed by atoms with Gasteiger partial charge in [0.2, 0.25) is 0 Å². The number of nitrogens with one attached hydrogen (secondary N) is 2. The van der Waals surface area contributed by atoms with Crippen LogP contribution in [0.15, 0.2) is 61.2 Å². The Labute approximate surface area is 151 Å². The van der Waals surface area contributed by atoms with Crippen LogP contribution < -0.4 is 25.1 Å². The number of carbonyl (C=O) groups is 2. The highest BCUT2D eigenvalue weighted by molar-refractivity contribution is 5.97. The molecule has 0 aliphatic heterocycles. The predicted octanol–water partition coefficient (Wildman–Crippen LogP) is 2.10. The summed E-state index contributed by atoms with van der Waals surface area (Å²) in [6.07, 6.45) is 1.58. The highest BCUT2D eigenvalue weighted by atomic mass is 16.5. The Bertz CT molecular complexity index is 776. The lowest BCUT2D eigenvalue weighted by atomic mass is 10.2. The first-order valence-corrected chi connectivity index (χ1v) is 7.83. The molecule has 0 spiro atoms. The molecule has 136 valence electrons. The molecule has 0 aromatic heterocycles. The monoisotopic (exact) mass is 356 g/mol. The Morgan fingerprint density at radius 3 is 2.31 bits per heavy atom. The van der Waals surface area contributed by atoms with Gasteiger partial charge in [0.25, 0.3) is 11.8 Å². The third-order valence-electron chi connectivity index (χ3n) is 3.23. The van der Waals surface area contributed by atoms with Crippen LogP contribution in [-0.4, -0.2) is 32.1 Å². The van der Waals surface area contributed by atoms with E-state index in [1.165, 1.54) is 7.11 Å². The molecule has 2 rings (SSSR count). The number of carbonyl (C=O) groups excluding carboxylic acids is 2. The molecule has 2 aromatic rings. The third kappa shape index (κ3) is 5.27. The van der Waals surface area contributed by atoms with Crippen molar-refractivity contribution in [2.24, 2.45) is 0 Å². The first-order valence-electron chi connectivity index (χ1n) is 7.83. The lowest BCUT2D eigenvalue weighted by Gasteiger charge is -2.12. The minimum Gasteiger partial charge on any atom is -0.493 e. The van der Waals surface area contributed by atoms with Crippen LogP contribution in [0.2, 0.25) is 0 Å². The van der Waals surface area contributed by atoms with Crippen molar-refractivity contribution in [1.82, 2.24) is 10.9 Å². The third-order valence-corrected chi connectivity index (χ3v) is 3.23. The van der Waals surface area contributed by atoms with Crippen LogP contribution in [0.25, 0.3) is 0 Å². The molecule has 7 nitrogen and oxygen atoms in total. The molecule has 0 atom stereocenters. The van der Waals surface area contributed by atoms with Crippen LogP contribution in [0.5, 0.6) is 17.2 Å². The number of hydrazine groups is 1. The summed E-state index contributed by atoms with van der Waals surface area (Å²) in [6.45, 7) is 3.55. The van der Waals surface area contributed by atoms with E-state index >= 15 is 0 Å². The van der Waals surface area contributed by atoms with Crippen molar-refractivity contribution in [2.45, 2.75) is 0 Å². The number of benzene rings is 2. The predicted molar refractivity (Wildman–Crippen MR) is 96.2 cm³/mol. The molecule has 0 radical (unpaired) electrons. The standard InChI is InChI=1S/C19H20N2O5/c1-3-12-25-15-9-5-4-8-14(15)19(23)21-20-18(22)13-26-17-11-7-6-10-16(17)24-2/h3-11H,1,12-13H2,2H3,(H,20,22)(H,21,23). The lowest BCUT2D eigenvalue weighted by Crippen LogP contribution is -2.43. The first-order chi connectivity index (χ1) is 12.7. The number of ether oxygens (including phenoxy) is 3. The van der Waals surface area contributed by atoms with Crippen molar-refractivity contribution in [3.8, 4) is 17.2 Å². The minimum absolute atomic E-state index is 0.267. The average molecular weight is 356 g/mol. The molecule has 2 aromatic carbocycles. The maximum atomic E-state index is 12.2. The molecular weight excluding hydrogens is 336 g/mol. The van der Waals surface area contributed by atoms with Gasteiger partial charge in [-0.2, -0.15) is 0 Å². The molecule has 7 heteroatoms. The van der Waals surface area contributed by atoms with E-state index in [-0.39, 0.29) is 13.2 Å². The summed E-state index contributed by atoms with van der Waals surface area (Å²) in [5, 5.41) is 0. The Kier molecular flexibility index (Phi) is 7.05. The van der Waals surface area contributed by atoms with Gasteiger partial charge in [-0.15, -0.1) is 0 Å². The molecule has 0 unspecified atom stereocenters. The second-order valence-electron chi connectivity index (χ2n) is 5.04. The number of hydrogen-bond donors (Lipinski definition) is 2. The molecule has 26 heavy (non-hydrogen) atoms. The molecule has 0 fully saturated rings. The molecule has 0 saturated heterocycles. The molecule has 0 aliphatic carbocycles. The van der Waals surface area contributed by atoms with Gasteiger partial charge in [0.1, 0.15) is 12.4 Å². The molecule has 0 aliphatic rings. The van der Waals surface area contributed by atoms with Gasteiger partial charge in [0, 0.05) is 0 Å². The second kappa shape index (κ2) is 9.73. The topological polar surface area (TPSA) is 85.9 Å². The quantitative estimate of drug-likeness (QED) is 0.559. The van der Waals surface area contributed by atoms with Gasteiger partial charge in [0.05, 0.1) is 12.7 Å². The Morgan fingerprint density at radius 1 is 0.962 bits per heavy atom. The average Bonchev–Trinajstić information content (AvgIpc) is 2.69. The Morgan fingerprint density at radius 2 is 1.62 bits per heavy atom. The first kappa shape index (κ1) is 18.9. The number of hydrogen-bond acceptors (Lipinski definition) is 5. The van der Waals surface area contributed by atoms with Crippen molar-refractivity contribution in [3.05, 3.63) is 66.7 Å². The smallest absolute Gasteiger partial charge is 0.276 e. The van der Waals surface area contributed by atoms with Gasteiger partial charge in [0.15, 0.2) is 18.1 Å². The van der Waals surface area contributed by atoms with E-state index in [0.29, 0.717) is 22.8 Å². The van der Waals surface area contributed by atoms with Crippen molar-refractivity contribution in [2.75, 3.05) is 20.3 Å². The normalized spacial score (nSPS) is 9.73. The fourth-order valence-corrected chi connectivity index (χ4v) is 2.04. The van der Waals surface area contributed by atoms with E-state index in [1.54, 1.807) is 54.6 Å². The maximum Gasteiger partial charge on any atom is 0.276 e. The van der Waals surface area contributed by atoms with Crippen LogP contribution in [0.4, 0.5) is 0 Å². The van der Waals surface area contributed by atoms with E-state index in [4.69, 9.17) is 14.2 Å². The summed E-state index contributed by atoms with van der Waals surface area (Å²) in [5.41, 5.74) is 4.91. The zero-order valence-corrected chi connectivity index (χ0v) is 14.4. The van der Waals surface area contributed by atoms with Gasteiger partial charge in [-0.05, 0) is 24.3 Å². The summed E-state index contributed by atoms with van der Waals surface area (Å²) >= 11 is 0. The molecule has 0 heterocycles. The minimum atomic E-state index is -0.520. The summed E-state index contributed by atoms with van der Waals surface area (Å²) < 4.78 is 15.9. The van der Waals surface area contributed by atoms with Gasteiger partial charge in [-0.1, -0.05) is 36.9 Å². The highest BCUT2D eigenvalue weighted by Crippen LogP contribution is 2.25. The Hall–Kier alpha value is -3.48. The van der Waals surface area contributed by atoms with Crippen LogP contribution >= 0.6 is 0 Å². The van der Waals surface area contributed by atoms with Crippen molar-refractivity contribution in [1.29, 1.82) is 0 Å². The van der Waals surface area contributed by atoms with Crippen LogP contribution in [0, 0.1) is 0 Å². The maximum absolute atomic E-state index is 12.2. The van der Waals surface area contributed by atoms with Crippen LogP contribution in [0.3, 0.4) is 0 Å². The molecular formula is C19H20N2O5. The molecule has 2 N–H and O–H groups in total. The van der Waals surface area contributed by atoms with Gasteiger partial charge >= 0.3 is 0 Å². The van der Waals surface area contributed by atoms with E-state index in [9.17, 15) is 9.59 Å². The summed E-state index contributed by atoms with van der Waals surface area (Å²) in [4.78, 5) is 24.1. The van der Waals surface area contributed by atoms with E-state index in [0.717, 1.165) is 0 Å². The van der Waals surface area contributed by atoms with Crippen molar-refractivity contribution < 1.29 is 23.8 Å². The number of methoxy groups -OCH3 is 1. The molecule has 0 bridgehead atoms. The van der Waals surface area contributed by atoms with Gasteiger partial charge < -0.3 is 14.2 Å². The largest absolute Gasteiger partial charge is 0.493 e. The number of para-hydroxylation sites is 3. The summed E-state index contributed by atoms with van der Waals surface area (Å²) in [5.74, 6) is 0.311. The van der Waals surface area contributed by atoms with Crippen LogP contribution in [-0.2, 0) is 4.79 Å². The lowest BCUT2D eigenvalue weighted by molar-refractivity contribution is -0.123. The van der Waals surface area contributed by atoms with E-state index < -0.39 is 11.8 Å². The van der Waals surface area contributed by atoms with E-state index in [1.807, 2.05) is 0 Å². The van der Waals surface area contributed by atoms with Crippen molar-refractivity contribution in [3.63, 3.8) is 0 Å². The SMILES string of the molecule is C=CCOc1ccccc1C(=O)NNC(=O)COc1ccccc1OC. The zero-order chi connectivity index (χ0) is 18.8. The van der Waals surface area contributed by atoms with Crippen molar-refractivity contribution >= 4 is 11.8 Å².